The van der Waals surface area contributed by atoms with Crippen LogP contribution in [-0.2, 0) is 22.6 Å². The van der Waals surface area contributed by atoms with Crippen molar-refractivity contribution < 1.29 is 9.53 Å². The van der Waals surface area contributed by atoms with Crippen molar-refractivity contribution in [2.75, 3.05) is 50.6 Å². The number of aromatic nitrogens is 4. The first kappa shape index (κ1) is 21.0. The van der Waals surface area contributed by atoms with Crippen molar-refractivity contribution in [1.82, 2.24) is 25.1 Å². The van der Waals surface area contributed by atoms with Crippen LogP contribution < -0.4 is 10.2 Å². The Bertz CT molecular complexity index is 993. The Morgan fingerprint density at radius 3 is 2.45 bits per heavy atom. The molecule has 1 fully saturated rings. The summed E-state index contributed by atoms with van der Waals surface area (Å²) in [6.07, 6.45) is 0. The molecule has 0 aliphatic carbocycles. The number of amides is 1. The largest absolute Gasteiger partial charge is 0.379 e. The molecule has 0 bridgehead atoms. The van der Waals surface area contributed by atoms with Crippen molar-refractivity contribution in [2.24, 2.45) is 0 Å². The van der Waals surface area contributed by atoms with Gasteiger partial charge in [-0.3, -0.25) is 9.69 Å². The molecule has 1 N–H and O–H groups in total. The number of benzene rings is 2. The van der Waals surface area contributed by atoms with Gasteiger partial charge in [0.15, 0.2) is 0 Å². The summed E-state index contributed by atoms with van der Waals surface area (Å²) in [7, 11) is 3.94. The summed E-state index contributed by atoms with van der Waals surface area (Å²) in [5, 5.41) is 15.3. The molecule has 0 saturated carbocycles. The van der Waals surface area contributed by atoms with Crippen molar-refractivity contribution in [3.05, 3.63) is 54.1 Å². The van der Waals surface area contributed by atoms with E-state index in [4.69, 9.17) is 4.74 Å². The van der Waals surface area contributed by atoms with Gasteiger partial charge in [0.05, 0.1) is 13.2 Å². The Balaban J connectivity index is 1.32. The Morgan fingerprint density at radius 2 is 1.77 bits per heavy atom. The number of anilines is 2. The number of morpholine rings is 1. The van der Waals surface area contributed by atoms with Crippen LogP contribution in [0.15, 0.2) is 48.5 Å². The van der Waals surface area contributed by atoms with E-state index in [-0.39, 0.29) is 12.5 Å². The molecule has 0 atom stereocenters. The summed E-state index contributed by atoms with van der Waals surface area (Å²) < 4.78 is 5.39. The molecule has 9 nitrogen and oxygen atoms in total. The van der Waals surface area contributed by atoms with Gasteiger partial charge in [0.2, 0.25) is 11.7 Å². The molecule has 2 heterocycles. The van der Waals surface area contributed by atoms with Gasteiger partial charge in [-0.15, -0.1) is 10.2 Å². The summed E-state index contributed by atoms with van der Waals surface area (Å²) in [6.45, 7) is 4.40. The number of carbonyl (C=O) groups excluding carboxylic acids is 1. The molecule has 1 aliphatic heterocycles. The molecule has 0 radical (unpaired) electrons. The fourth-order valence-electron chi connectivity index (χ4n) is 3.37. The van der Waals surface area contributed by atoms with E-state index >= 15 is 0 Å². The molecule has 0 spiro atoms. The fraction of sp³-hybridized carbons (Fsp3) is 0.364. The maximum atomic E-state index is 12.3. The molecular weight excluding hydrogens is 394 g/mol. The Kier molecular flexibility index (Phi) is 6.54. The van der Waals surface area contributed by atoms with Gasteiger partial charge >= 0.3 is 0 Å². The average Bonchev–Trinajstić information content (AvgIpc) is 3.23. The van der Waals surface area contributed by atoms with Crippen LogP contribution in [0.1, 0.15) is 5.56 Å². The van der Waals surface area contributed by atoms with Crippen molar-refractivity contribution in [1.29, 1.82) is 0 Å². The Morgan fingerprint density at radius 1 is 1.06 bits per heavy atom. The zero-order valence-electron chi connectivity index (χ0n) is 17.9. The third-order valence-corrected chi connectivity index (χ3v) is 5.13. The first-order chi connectivity index (χ1) is 15.1. The lowest BCUT2D eigenvalue weighted by atomic mass is 10.1. The minimum Gasteiger partial charge on any atom is -0.379 e. The molecular formula is C22H27N7O2. The second kappa shape index (κ2) is 9.67. The predicted molar refractivity (Wildman–Crippen MR) is 119 cm³/mol. The highest BCUT2D eigenvalue weighted by molar-refractivity contribution is 5.90. The van der Waals surface area contributed by atoms with E-state index in [2.05, 4.69) is 37.8 Å². The second-order valence-electron chi connectivity index (χ2n) is 7.72. The molecule has 1 aromatic heterocycles. The standard InChI is InChI=1S/C22H27N7O2/c1-27(2)20-9-7-19(8-10-20)23-21(30)16-29-25-22(24-26-29)18-5-3-17(4-6-18)15-28-11-13-31-14-12-28/h3-10H,11-16H2,1-2H3,(H,23,30). The summed E-state index contributed by atoms with van der Waals surface area (Å²) in [5.74, 6) is 0.295. The first-order valence-corrected chi connectivity index (χ1v) is 10.3. The average molecular weight is 422 g/mol. The molecule has 1 aliphatic rings. The van der Waals surface area contributed by atoms with Gasteiger partial charge in [0.1, 0.15) is 6.54 Å². The van der Waals surface area contributed by atoms with Crippen LogP contribution in [-0.4, -0.2) is 71.4 Å². The number of nitrogens with one attached hydrogen (secondary N) is 1. The SMILES string of the molecule is CN(C)c1ccc(NC(=O)Cn2nnc(-c3ccc(CN4CCOCC4)cc3)n2)cc1. The quantitative estimate of drug-likeness (QED) is 0.623. The van der Waals surface area contributed by atoms with E-state index in [9.17, 15) is 4.79 Å². The fourth-order valence-corrected chi connectivity index (χ4v) is 3.37. The second-order valence-corrected chi connectivity index (χ2v) is 7.72. The molecule has 1 amide bonds. The lowest BCUT2D eigenvalue weighted by Gasteiger charge is -2.26. The third kappa shape index (κ3) is 5.65. The lowest BCUT2D eigenvalue weighted by molar-refractivity contribution is -0.117. The third-order valence-electron chi connectivity index (χ3n) is 5.13. The molecule has 3 aromatic rings. The van der Waals surface area contributed by atoms with Gasteiger partial charge in [0, 0.05) is 50.7 Å². The maximum Gasteiger partial charge on any atom is 0.248 e. The van der Waals surface area contributed by atoms with Crippen LogP contribution in [0.2, 0.25) is 0 Å². The van der Waals surface area contributed by atoms with E-state index in [1.54, 1.807) is 0 Å². The summed E-state index contributed by atoms with van der Waals surface area (Å²) in [6, 6.07) is 15.8. The minimum absolute atomic E-state index is 0.00243. The van der Waals surface area contributed by atoms with Crippen LogP contribution in [0, 0.1) is 0 Å². The van der Waals surface area contributed by atoms with Gasteiger partial charge < -0.3 is 15.0 Å². The Labute approximate surface area is 181 Å². The van der Waals surface area contributed by atoms with E-state index in [0.29, 0.717) is 5.82 Å². The minimum atomic E-state index is -0.206. The highest BCUT2D eigenvalue weighted by atomic mass is 16.5. The van der Waals surface area contributed by atoms with Gasteiger partial charge in [-0.2, -0.15) is 4.80 Å². The zero-order chi connectivity index (χ0) is 21.6. The van der Waals surface area contributed by atoms with Gasteiger partial charge in [-0.1, -0.05) is 24.3 Å². The predicted octanol–water partition coefficient (Wildman–Crippen LogP) is 1.88. The highest BCUT2D eigenvalue weighted by Crippen LogP contribution is 2.17. The number of ether oxygens (including phenoxy) is 1. The van der Waals surface area contributed by atoms with Crippen molar-refractivity contribution in [2.45, 2.75) is 13.1 Å². The molecule has 2 aromatic carbocycles. The molecule has 31 heavy (non-hydrogen) atoms. The van der Waals surface area contributed by atoms with Gasteiger partial charge in [-0.25, -0.2) is 0 Å². The van der Waals surface area contributed by atoms with Gasteiger partial charge in [0.25, 0.3) is 0 Å². The molecule has 4 rings (SSSR count). The van der Waals surface area contributed by atoms with Crippen molar-refractivity contribution in [3.63, 3.8) is 0 Å². The topological polar surface area (TPSA) is 88.4 Å². The Hall–Kier alpha value is -3.30. The van der Waals surface area contributed by atoms with E-state index < -0.39 is 0 Å². The lowest BCUT2D eigenvalue weighted by Crippen LogP contribution is -2.35. The van der Waals surface area contributed by atoms with Crippen LogP contribution in [0.5, 0.6) is 0 Å². The highest BCUT2D eigenvalue weighted by Gasteiger charge is 2.12. The van der Waals surface area contributed by atoms with Crippen molar-refractivity contribution in [3.8, 4) is 11.4 Å². The summed E-state index contributed by atoms with van der Waals surface area (Å²) >= 11 is 0. The number of tetrazole rings is 1. The number of carbonyl (C=O) groups is 1. The van der Waals surface area contributed by atoms with Crippen molar-refractivity contribution >= 4 is 17.3 Å². The number of hydrogen-bond donors (Lipinski definition) is 1. The molecule has 162 valence electrons. The van der Waals surface area contributed by atoms with Crippen LogP contribution in [0.25, 0.3) is 11.4 Å². The van der Waals surface area contributed by atoms with Crippen LogP contribution in [0.4, 0.5) is 11.4 Å². The summed E-state index contributed by atoms with van der Waals surface area (Å²) in [5.41, 5.74) is 3.90. The normalized spacial score (nSPS) is 14.4. The molecule has 9 heteroatoms. The van der Waals surface area contributed by atoms with E-state index in [1.165, 1.54) is 10.4 Å². The first-order valence-electron chi connectivity index (χ1n) is 10.3. The van der Waals surface area contributed by atoms with E-state index in [1.807, 2.05) is 55.4 Å². The van der Waals surface area contributed by atoms with Gasteiger partial charge in [-0.05, 0) is 35.0 Å². The smallest absolute Gasteiger partial charge is 0.248 e. The van der Waals surface area contributed by atoms with E-state index in [0.717, 1.165) is 49.8 Å². The number of rotatable bonds is 7. The molecule has 0 unspecified atom stereocenters. The number of nitrogens with zero attached hydrogens (tertiary/aromatic N) is 6. The maximum absolute atomic E-state index is 12.3. The van der Waals surface area contributed by atoms with Crippen LogP contribution >= 0.6 is 0 Å². The summed E-state index contributed by atoms with van der Waals surface area (Å²) in [4.78, 5) is 18.0. The number of hydrogen-bond acceptors (Lipinski definition) is 7. The molecule has 1 saturated heterocycles. The van der Waals surface area contributed by atoms with Crippen LogP contribution in [0.3, 0.4) is 0 Å². The zero-order valence-corrected chi connectivity index (χ0v) is 17.9. The monoisotopic (exact) mass is 421 g/mol.